The van der Waals surface area contributed by atoms with Gasteiger partial charge >= 0.3 is 0 Å². The molecule has 4 rings (SSSR count). The highest BCUT2D eigenvalue weighted by Crippen LogP contribution is 2.38. The van der Waals surface area contributed by atoms with Crippen LogP contribution in [0.1, 0.15) is 17.0 Å². The van der Waals surface area contributed by atoms with Crippen molar-refractivity contribution in [2.45, 2.75) is 12.5 Å². The first-order valence-electron chi connectivity index (χ1n) is 8.20. The van der Waals surface area contributed by atoms with Crippen molar-refractivity contribution in [2.24, 2.45) is 11.7 Å². The zero-order valence-electron chi connectivity index (χ0n) is 13.2. The van der Waals surface area contributed by atoms with Crippen molar-refractivity contribution in [2.75, 3.05) is 26.4 Å². The number of rotatable bonds is 4. The third-order valence-electron chi connectivity index (χ3n) is 4.92. The minimum Gasteiger partial charge on any atom is -0.454 e. The molecule has 2 aromatic rings. The van der Waals surface area contributed by atoms with E-state index in [2.05, 4.69) is 41.3 Å². The van der Waals surface area contributed by atoms with Gasteiger partial charge in [0.15, 0.2) is 11.5 Å². The quantitative estimate of drug-likeness (QED) is 0.943. The lowest BCUT2D eigenvalue weighted by Crippen LogP contribution is -2.23. The molecule has 0 saturated carbocycles. The molecule has 4 nitrogen and oxygen atoms in total. The second-order valence-corrected chi connectivity index (χ2v) is 6.36. The Bertz CT molecular complexity index is 674. The molecular formula is C19H22N2O2. The van der Waals surface area contributed by atoms with Crippen LogP contribution >= 0.6 is 0 Å². The summed E-state index contributed by atoms with van der Waals surface area (Å²) in [6, 6.07) is 16.8. The van der Waals surface area contributed by atoms with Gasteiger partial charge in [-0.2, -0.15) is 0 Å². The first-order chi connectivity index (χ1) is 11.3. The van der Waals surface area contributed by atoms with Crippen LogP contribution in [-0.2, 0) is 6.54 Å². The molecule has 2 N–H and O–H groups in total. The molecule has 0 aromatic heterocycles. The maximum atomic E-state index is 6.04. The van der Waals surface area contributed by atoms with Crippen LogP contribution in [0, 0.1) is 5.92 Å². The van der Waals surface area contributed by atoms with Crippen LogP contribution in [0.15, 0.2) is 48.5 Å². The fourth-order valence-electron chi connectivity index (χ4n) is 3.76. The van der Waals surface area contributed by atoms with Gasteiger partial charge in [-0.25, -0.2) is 0 Å². The Kier molecular flexibility index (Phi) is 3.93. The van der Waals surface area contributed by atoms with Gasteiger partial charge < -0.3 is 15.2 Å². The van der Waals surface area contributed by atoms with Gasteiger partial charge in [-0.15, -0.1) is 0 Å². The summed E-state index contributed by atoms with van der Waals surface area (Å²) in [6.07, 6.45) is 0. The van der Waals surface area contributed by atoms with E-state index in [1.54, 1.807) is 0 Å². The van der Waals surface area contributed by atoms with E-state index in [9.17, 15) is 0 Å². The number of ether oxygens (including phenoxy) is 2. The third kappa shape index (κ3) is 2.80. The van der Waals surface area contributed by atoms with E-state index in [0.29, 0.717) is 18.6 Å². The van der Waals surface area contributed by atoms with Crippen molar-refractivity contribution in [3.63, 3.8) is 0 Å². The summed E-state index contributed by atoms with van der Waals surface area (Å²) in [5, 5.41) is 0. The lowest BCUT2D eigenvalue weighted by Gasteiger charge is -2.17. The average molecular weight is 310 g/mol. The molecule has 2 aliphatic rings. The third-order valence-corrected chi connectivity index (χ3v) is 4.92. The predicted octanol–water partition coefficient (Wildman–Crippen LogP) is 2.59. The molecule has 2 aromatic carbocycles. The molecule has 0 amide bonds. The van der Waals surface area contributed by atoms with Crippen LogP contribution < -0.4 is 15.2 Å². The molecule has 0 aliphatic carbocycles. The first kappa shape index (κ1) is 14.5. The summed E-state index contributed by atoms with van der Waals surface area (Å²) < 4.78 is 11.1. The number of fused-ring (bicyclic) bond motifs is 1. The summed E-state index contributed by atoms with van der Waals surface area (Å²) in [7, 11) is 0. The Hall–Kier alpha value is -2.04. The maximum absolute atomic E-state index is 6.04. The van der Waals surface area contributed by atoms with Crippen LogP contribution in [0.5, 0.6) is 11.5 Å². The highest BCUT2D eigenvalue weighted by molar-refractivity contribution is 5.48. The van der Waals surface area contributed by atoms with Crippen molar-refractivity contribution in [1.29, 1.82) is 0 Å². The molecule has 0 spiro atoms. The van der Waals surface area contributed by atoms with Gasteiger partial charge in [0, 0.05) is 31.1 Å². The standard InChI is InChI=1S/C19H22N2O2/c20-9-16-11-21(12-17(16)14-5-2-1-3-6-14)10-15-7-4-8-18-19(15)23-13-22-18/h1-8,16-17H,9-13,20H2/t16-,17+/m1/s1. The summed E-state index contributed by atoms with van der Waals surface area (Å²) >= 11 is 0. The number of likely N-dealkylation sites (tertiary alicyclic amines) is 1. The summed E-state index contributed by atoms with van der Waals surface area (Å²) in [5.41, 5.74) is 8.63. The van der Waals surface area contributed by atoms with Crippen molar-refractivity contribution < 1.29 is 9.47 Å². The van der Waals surface area contributed by atoms with Crippen molar-refractivity contribution in [3.05, 3.63) is 59.7 Å². The lowest BCUT2D eigenvalue weighted by molar-refractivity contribution is 0.172. The average Bonchev–Trinajstić information content (AvgIpc) is 3.22. The molecule has 23 heavy (non-hydrogen) atoms. The van der Waals surface area contributed by atoms with E-state index in [1.165, 1.54) is 11.1 Å². The number of para-hydroxylation sites is 1. The fraction of sp³-hybridized carbons (Fsp3) is 0.368. The molecule has 2 heterocycles. The number of benzene rings is 2. The van der Waals surface area contributed by atoms with E-state index < -0.39 is 0 Å². The molecule has 2 atom stereocenters. The predicted molar refractivity (Wildman–Crippen MR) is 89.6 cm³/mol. The van der Waals surface area contributed by atoms with E-state index in [0.717, 1.165) is 37.7 Å². The molecule has 1 saturated heterocycles. The van der Waals surface area contributed by atoms with Gasteiger partial charge in [-0.1, -0.05) is 42.5 Å². The number of hydrogen-bond donors (Lipinski definition) is 1. The Morgan fingerprint density at radius 2 is 1.87 bits per heavy atom. The normalized spacial score (nSPS) is 23.3. The summed E-state index contributed by atoms with van der Waals surface area (Å²) in [6.45, 7) is 4.00. The molecule has 0 radical (unpaired) electrons. The number of hydrogen-bond acceptors (Lipinski definition) is 4. The Morgan fingerprint density at radius 1 is 1.00 bits per heavy atom. The van der Waals surface area contributed by atoms with Gasteiger partial charge in [0.05, 0.1) is 0 Å². The highest BCUT2D eigenvalue weighted by Gasteiger charge is 2.33. The van der Waals surface area contributed by atoms with Crippen molar-refractivity contribution >= 4 is 0 Å². The monoisotopic (exact) mass is 310 g/mol. The van der Waals surface area contributed by atoms with E-state index in [4.69, 9.17) is 15.2 Å². The second-order valence-electron chi connectivity index (χ2n) is 6.36. The fourth-order valence-corrected chi connectivity index (χ4v) is 3.76. The van der Waals surface area contributed by atoms with Crippen LogP contribution in [0.2, 0.25) is 0 Å². The smallest absolute Gasteiger partial charge is 0.231 e. The second kappa shape index (κ2) is 6.22. The van der Waals surface area contributed by atoms with Gasteiger partial charge in [-0.3, -0.25) is 4.90 Å². The van der Waals surface area contributed by atoms with Crippen LogP contribution in [0.3, 0.4) is 0 Å². The SMILES string of the molecule is NC[C@@H]1CN(Cc2cccc3c2OCO3)C[C@H]1c1ccccc1. The van der Waals surface area contributed by atoms with Gasteiger partial charge in [0.1, 0.15) is 0 Å². The molecule has 4 heteroatoms. The maximum Gasteiger partial charge on any atom is 0.231 e. The topological polar surface area (TPSA) is 47.7 Å². The Balaban J connectivity index is 1.52. The largest absolute Gasteiger partial charge is 0.454 e. The Morgan fingerprint density at radius 3 is 2.70 bits per heavy atom. The lowest BCUT2D eigenvalue weighted by atomic mass is 9.89. The van der Waals surface area contributed by atoms with Gasteiger partial charge in [0.25, 0.3) is 0 Å². The molecule has 0 unspecified atom stereocenters. The van der Waals surface area contributed by atoms with E-state index in [1.807, 2.05) is 12.1 Å². The minimum absolute atomic E-state index is 0.324. The Labute approximate surface area is 136 Å². The van der Waals surface area contributed by atoms with Crippen LogP contribution in [0.4, 0.5) is 0 Å². The molecule has 120 valence electrons. The van der Waals surface area contributed by atoms with Gasteiger partial charge in [0.2, 0.25) is 6.79 Å². The van der Waals surface area contributed by atoms with Crippen LogP contribution in [-0.4, -0.2) is 31.3 Å². The highest BCUT2D eigenvalue weighted by atomic mass is 16.7. The van der Waals surface area contributed by atoms with Crippen molar-refractivity contribution in [3.8, 4) is 11.5 Å². The first-order valence-corrected chi connectivity index (χ1v) is 8.20. The van der Waals surface area contributed by atoms with Gasteiger partial charge in [-0.05, 0) is 24.1 Å². The van der Waals surface area contributed by atoms with Crippen molar-refractivity contribution in [1.82, 2.24) is 4.90 Å². The molecule has 1 fully saturated rings. The summed E-state index contributed by atoms with van der Waals surface area (Å²) in [5.74, 6) is 2.78. The van der Waals surface area contributed by atoms with Crippen LogP contribution in [0.25, 0.3) is 0 Å². The summed E-state index contributed by atoms with van der Waals surface area (Å²) in [4.78, 5) is 2.48. The van der Waals surface area contributed by atoms with E-state index >= 15 is 0 Å². The zero-order chi connectivity index (χ0) is 15.6. The minimum atomic E-state index is 0.324. The number of nitrogens with two attached hydrogens (primary N) is 1. The van der Waals surface area contributed by atoms with E-state index in [-0.39, 0.29) is 0 Å². The number of nitrogens with zero attached hydrogens (tertiary/aromatic N) is 1. The molecule has 2 aliphatic heterocycles. The molecular weight excluding hydrogens is 288 g/mol. The molecule has 0 bridgehead atoms. The zero-order valence-corrected chi connectivity index (χ0v) is 13.2.